The summed E-state index contributed by atoms with van der Waals surface area (Å²) in [5, 5.41) is 0. The second-order valence-electron chi connectivity index (χ2n) is 6.61. The quantitative estimate of drug-likeness (QED) is 0.790. The van der Waals surface area contributed by atoms with Gasteiger partial charge in [0.1, 0.15) is 17.2 Å². The van der Waals surface area contributed by atoms with Crippen molar-refractivity contribution in [1.82, 2.24) is 0 Å². The summed E-state index contributed by atoms with van der Waals surface area (Å²) < 4.78 is 19.6. The third kappa shape index (κ3) is 2.48. The van der Waals surface area contributed by atoms with Gasteiger partial charge in [-0.1, -0.05) is 19.9 Å². The first-order chi connectivity index (χ1) is 8.89. The van der Waals surface area contributed by atoms with Crippen LogP contribution in [0.1, 0.15) is 38.3 Å². The fraction of sp³-hybridized carbons (Fsp3) is 0.600. The van der Waals surface area contributed by atoms with Crippen molar-refractivity contribution in [2.24, 2.45) is 11.1 Å². The van der Waals surface area contributed by atoms with Crippen LogP contribution >= 0.6 is 11.8 Å². The molecule has 0 amide bonds. The zero-order valence-electron chi connectivity index (χ0n) is 11.4. The maximum absolute atomic E-state index is 13.4. The molecule has 0 aromatic heterocycles. The Hall–Kier alpha value is -0.740. The lowest BCUT2D eigenvalue weighted by Gasteiger charge is -2.48. The first-order valence-corrected chi connectivity index (χ1v) is 7.87. The minimum atomic E-state index is -0.259. The molecule has 104 valence electrons. The van der Waals surface area contributed by atoms with Gasteiger partial charge in [-0.2, -0.15) is 11.8 Å². The van der Waals surface area contributed by atoms with E-state index >= 15 is 0 Å². The summed E-state index contributed by atoms with van der Waals surface area (Å²) in [6.07, 6.45) is 1.80. The van der Waals surface area contributed by atoms with E-state index in [4.69, 9.17) is 10.5 Å². The van der Waals surface area contributed by atoms with Gasteiger partial charge in [0.2, 0.25) is 0 Å². The van der Waals surface area contributed by atoms with Crippen LogP contribution in [0.15, 0.2) is 18.2 Å². The Bertz CT molecular complexity index is 505. The molecule has 2 N–H and O–H groups in total. The third-order valence-electron chi connectivity index (χ3n) is 3.95. The minimum absolute atomic E-state index is 0.0566. The van der Waals surface area contributed by atoms with E-state index in [0.717, 1.165) is 29.9 Å². The van der Waals surface area contributed by atoms with Crippen molar-refractivity contribution in [2.75, 3.05) is 11.5 Å². The molecule has 2 heterocycles. The molecule has 1 saturated heterocycles. The topological polar surface area (TPSA) is 35.2 Å². The molecule has 0 saturated carbocycles. The largest absolute Gasteiger partial charge is 0.486 e. The molecule has 2 aliphatic rings. The molecule has 1 spiro atoms. The van der Waals surface area contributed by atoms with Crippen molar-refractivity contribution >= 4 is 11.8 Å². The van der Waals surface area contributed by atoms with Crippen LogP contribution in [0.5, 0.6) is 5.75 Å². The summed E-state index contributed by atoms with van der Waals surface area (Å²) in [6.45, 7) is 4.52. The summed E-state index contributed by atoms with van der Waals surface area (Å²) in [5.74, 6) is 2.46. The number of hydrogen-bond acceptors (Lipinski definition) is 3. The van der Waals surface area contributed by atoms with Crippen LogP contribution in [0.4, 0.5) is 4.39 Å². The fourth-order valence-electron chi connectivity index (χ4n) is 3.37. The molecular weight excluding hydrogens is 261 g/mol. The third-order valence-corrected chi connectivity index (χ3v) is 5.67. The molecule has 2 nitrogen and oxygen atoms in total. The maximum Gasteiger partial charge on any atom is 0.127 e. The average Bonchev–Trinajstić information content (AvgIpc) is 2.25. The molecule has 1 unspecified atom stereocenters. The molecule has 2 atom stereocenters. The van der Waals surface area contributed by atoms with E-state index in [0.29, 0.717) is 5.75 Å². The van der Waals surface area contributed by atoms with E-state index in [1.807, 2.05) is 11.8 Å². The van der Waals surface area contributed by atoms with Gasteiger partial charge >= 0.3 is 0 Å². The molecule has 19 heavy (non-hydrogen) atoms. The maximum atomic E-state index is 13.4. The van der Waals surface area contributed by atoms with Gasteiger partial charge in [-0.3, -0.25) is 0 Å². The van der Waals surface area contributed by atoms with E-state index < -0.39 is 0 Å². The number of ether oxygens (including phenoxy) is 1. The van der Waals surface area contributed by atoms with Gasteiger partial charge in [0.15, 0.2) is 0 Å². The van der Waals surface area contributed by atoms with Gasteiger partial charge < -0.3 is 10.5 Å². The molecule has 4 heteroatoms. The molecule has 0 radical (unpaired) electrons. The monoisotopic (exact) mass is 281 g/mol. The molecule has 1 fully saturated rings. The fourth-order valence-corrected chi connectivity index (χ4v) is 4.78. The van der Waals surface area contributed by atoms with Gasteiger partial charge in [0.05, 0.1) is 0 Å². The Morgan fingerprint density at radius 1 is 1.37 bits per heavy atom. The minimum Gasteiger partial charge on any atom is -0.486 e. The number of halogens is 1. The first-order valence-electron chi connectivity index (χ1n) is 6.71. The van der Waals surface area contributed by atoms with E-state index in [1.165, 1.54) is 12.1 Å². The highest BCUT2D eigenvalue weighted by Crippen LogP contribution is 2.48. The first kappa shape index (κ1) is 13.3. The predicted octanol–water partition coefficient (Wildman–Crippen LogP) is 3.51. The SMILES string of the molecule is CC1(C)CSCC2(C[C@H](N)c3ccc(F)cc3O2)C1. The van der Waals surface area contributed by atoms with Crippen LogP contribution in [-0.2, 0) is 0 Å². The van der Waals surface area contributed by atoms with Gasteiger partial charge in [0.25, 0.3) is 0 Å². The lowest BCUT2D eigenvalue weighted by molar-refractivity contribution is 0.0164. The number of nitrogens with two attached hydrogens (primary N) is 1. The summed E-state index contributed by atoms with van der Waals surface area (Å²) in [4.78, 5) is 0. The van der Waals surface area contributed by atoms with Crippen LogP contribution in [0.2, 0.25) is 0 Å². The Morgan fingerprint density at radius 3 is 2.89 bits per heavy atom. The number of rotatable bonds is 0. The average molecular weight is 281 g/mol. The van der Waals surface area contributed by atoms with Gasteiger partial charge in [-0.05, 0) is 23.7 Å². The van der Waals surface area contributed by atoms with Gasteiger partial charge in [-0.15, -0.1) is 0 Å². The van der Waals surface area contributed by atoms with Crippen LogP contribution in [-0.4, -0.2) is 17.1 Å². The van der Waals surface area contributed by atoms with Crippen molar-refractivity contribution in [3.05, 3.63) is 29.6 Å². The summed E-state index contributed by atoms with van der Waals surface area (Å²) in [5.41, 5.74) is 7.22. The molecule has 0 bridgehead atoms. The van der Waals surface area contributed by atoms with Crippen LogP contribution in [0.3, 0.4) is 0 Å². The molecule has 1 aromatic carbocycles. The highest BCUT2D eigenvalue weighted by Gasteiger charge is 2.46. The van der Waals surface area contributed by atoms with E-state index in [1.54, 1.807) is 6.07 Å². The highest BCUT2D eigenvalue weighted by atomic mass is 32.2. The number of benzene rings is 1. The lowest BCUT2D eigenvalue weighted by Crippen LogP contribution is -2.51. The van der Waals surface area contributed by atoms with Crippen LogP contribution < -0.4 is 10.5 Å². The normalized spacial score (nSPS) is 32.7. The Morgan fingerprint density at radius 2 is 2.16 bits per heavy atom. The summed E-state index contributed by atoms with van der Waals surface area (Å²) in [7, 11) is 0. The summed E-state index contributed by atoms with van der Waals surface area (Å²) >= 11 is 1.91. The van der Waals surface area contributed by atoms with Crippen molar-refractivity contribution in [2.45, 2.75) is 38.3 Å². The molecule has 2 aliphatic heterocycles. The number of hydrogen-bond donors (Lipinski definition) is 1. The molecular formula is C15H20FNOS. The smallest absolute Gasteiger partial charge is 0.127 e. The molecule has 3 rings (SSSR count). The predicted molar refractivity (Wildman–Crippen MR) is 77.0 cm³/mol. The van der Waals surface area contributed by atoms with Crippen molar-refractivity contribution < 1.29 is 9.13 Å². The van der Waals surface area contributed by atoms with Crippen LogP contribution in [0.25, 0.3) is 0 Å². The standard InChI is InChI=1S/C15H20FNOS/c1-14(2)7-15(9-19-8-14)6-12(17)11-4-3-10(16)5-13(11)18-15/h3-5,12H,6-9,17H2,1-2H3/t12-,15?/m0/s1. The van der Waals surface area contributed by atoms with Gasteiger partial charge in [-0.25, -0.2) is 4.39 Å². The molecule has 1 aromatic rings. The van der Waals surface area contributed by atoms with E-state index in [9.17, 15) is 4.39 Å². The van der Waals surface area contributed by atoms with Gasteiger partial charge in [0, 0.05) is 29.8 Å². The Kier molecular flexibility index (Phi) is 3.06. The van der Waals surface area contributed by atoms with E-state index in [-0.39, 0.29) is 22.9 Å². The highest BCUT2D eigenvalue weighted by molar-refractivity contribution is 7.99. The second kappa shape index (κ2) is 4.38. The van der Waals surface area contributed by atoms with Crippen molar-refractivity contribution in [3.63, 3.8) is 0 Å². The Labute approximate surface area is 117 Å². The molecule has 0 aliphatic carbocycles. The van der Waals surface area contributed by atoms with Crippen LogP contribution in [0, 0.1) is 11.2 Å². The number of fused-ring (bicyclic) bond motifs is 1. The summed E-state index contributed by atoms with van der Waals surface area (Å²) in [6, 6.07) is 4.63. The second-order valence-corrected chi connectivity index (χ2v) is 7.60. The lowest BCUT2D eigenvalue weighted by atomic mass is 9.76. The van der Waals surface area contributed by atoms with Crippen molar-refractivity contribution in [1.29, 1.82) is 0 Å². The zero-order chi connectivity index (χ0) is 13.7. The van der Waals surface area contributed by atoms with Crippen molar-refractivity contribution in [3.8, 4) is 5.75 Å². The zero-order valence-corrected chi connectivity index (χ0v) is 12.2. The van der Waals surface area contributed by atoms with E-state index in [2.05, 4.69) is 13.8 Å². The number of thioether (sulfide) groups is 1. The Balaban J connectivity index is 1.95.